The van der Waals surface area contributed by atoms with Gasteiger partial charge in [0.25, 0.3) is 8.32 Å². The van der Waals surface area contributed by atoms with E-state index in [-0.39, 0.29) is 33.7 Å². The molecule has 43 heavy (non-hydrogen) atoms. The Bertz CT molecular complexity index is 1220. The number of rotatable bonds is 12. The van der Waals surface area contributed by atoms with Crippen LogP contribution in [0.5, 0.6) is 0 Å². The molecule has 5 nitrogen and oxygen atoms in total. The summed E-state index contributed by atoms with van der Waals surface area (Å²) in [5, 5.41) is 2.46. The van der Waals surface area contributed by atoms with Crippen LogP contribution in [-0.2, 0) is 23.2 Å². The van der Waals surface area contributed by atoms with Crippen LogP contribution in [0.1, 0.15) is 74.1 Å². The minimum atomic E-state index is -2.64. The predicted octanol–water partition coefficient (Wildman–Crippen LogP) is 7.45. The lowest BCUT2D eigenvalue weighted by Crippen LogP contribution is -2.66. The molecule has 0 aliphatic heterocycles. The van der Waals surface area contributed by atoms with Gasteiger partial charge in [-0.2, -0.15) is 0 Å². The fraction of sp³-hybridized carbons (Fsp3) is 0.556. The van der Waals surface area contributed by atoms with E-state index in [1.165, 1.54) is 17.5 Å². The monoisotopic (exact) mass is 622 g/mol. The average Bonchev–Trinajstić information content (AvgIpc) is 2.94. The van der Waals surface area contributed by atoms with Crippen molar-refractivity contribution in [3.05, 3.63) is 72.3 Å². The number of allylic oxidation sites excluding steroid dienone is 1. The van der Waals surface area contributed by atoms with Crippen LogP contribution in [0, 0.1) is 11.3 Å². The number of Topliss-reactive ketones (excluding diaryl/α,β-unsaturated/α-hetero) is 1. The Labute approximate surface area is 262 Å². The van der Waals surface area contributed by atoms with Gasteiger partial charge in [0.2, 0.25) is 0 Å². The molecule has 0 saturated heterocycles. The molecular weight excluding hydrogens is 569 g/mol. The van der Waals surface area contributed by atoms with E-state index in [0.29, 0.717) is 18.8 Å². The molecule has 1 aliphatic rings. The van der Waals surface area contributed by atoms with Gasteiger partial charge in [0.05, 0.1) is 20.1 Å². The Morgan fingerprint density at radius 2 is 1.42 bits per heavy atom. The van der Waals surface area contributed by atoms with Gasteiger partial charge in [-0.05, 0) is 58.2 Å². The van der Waals surface area contributed by atoms with Gasteiger partial charge in [0.1, 0.15) is 0 Å². The molecule has 0 N–H and O–H groups in total. The van der Waals surface area contributed by atoms with Crippen molar-refractivity contribution in [3.8, 4) is 0 Å². The summed E-state index contributed by atoms with van der Waals surface area (Å²) in [7, 11) is -3.28. The van der Waals surface area contributed by atoms with E-state index in [2.05, 4.69) is 128 Å². The molecule has 3 rings (SSSR count). The van der Waals surface area contributed by atoms with Crippen LogP contribution in [0.4, 0.5) is 0 Å². The van der Waals surface area contributed by atoms with Crippen LogP contribution >= 0.6 is 0 Å². The summed E-state index contributed by atoms with van der Waals surface area (Å²) in [6, 6.07) is 21.3. The smallest absolute Gasteiger partial charge is 0.306 e. The fourth-order valence-electron chi connectivity index (χ4n) is 6.07. The largest absolute Gasteiger partial charge is 0.469 e. The number of benzene rings is 2. The van der Waals surface area contributed by atoms with Gasteiger partial charge < -0.3 is 13.6 Å². The maximum Gasteiger partial charge on any atom is 0.306 e. The molecule has 0 bridgehead atoms. The lowest BCUT2D eigenvalue weighted by Gasteiger charge is -2.44. The molecular formula is C36H54O5Si2. The number of ketones is 1. The standard InChI is InChI=1S/C36H54O5Si2/c1-34(2,3)42(9,10)41-27-28-22-24-36(7,31(33(28)38)26-32(37)39-8)23-17-25-40-43(35(4,5)6,29-18-13-11-14-19-29)30-20-15-12-16-21-30/h11-16,18-22,31H,17,23-27H2,1-10H3/t31-,36-/m0/s1. The third-order valence-electron chi connectivity index (χ3n) is 9.91. The van der Waals surface area contributed by atoms with Gasteiger partial charge in [-0.3, -0.25) is 9.59 Å². The van der Waals surface area contributed by atoms with E-state index in [9.17, 15) is 9.59 Å². The molecule has 1 aliphatic carbocycles. The van der Waals surface area contributed by atoms with Gasteiger partial charge in [0, 0.05) is 18.1 Å². The molecule has 0 heterocycles. The topological polar surface area (TPSA) is 61.8 Å². The highest BCUT2D eigenvalue weighted by atomic mass is 28.4. The number of carbonyl (C=O) groups excluding carboxylic acids is 2. The Hall–Kier alpha value is -2.33. The summed E-state index contributed by atoms with van der Waals surface area (Å²) >= 11 is 0. The molecule has 0 saturated carbocycles. The summed E-state index contributed by atoms with van der Waals surface area (Å²) in [6.45, 7) is 20.9. The van der Waals surface area contributed by atoms with E-state index in [1.54, 1.807) is 0 Å². The third kappa shape index (κ3) is 7.85. The number of hydrogen-bond acceptors (Lipinski definition) is 5. The van der Waals surface area contributed by atoms with Crippen molar-refractivity contribution in [1.29, 1.82) is 0 Å². The number of ether oxygens (including phenoxy) is 1. The quantitative estimate of drug-likeness (QED) is 0.140. The number of methoxy groups -OCH3 is 1. The molecule has 236 valence electrons. The van der Waals surface area contributed by atoms with E-state index in [1.807, 2.05) is 0 Å². The molecule has 0 amide bonds. The maximum absolute atomic E-state index is 13.9. The van der Waals surface area contributed by atoms with Crippen LogP contribution in [0.2, 0.25) is 23.2 Å². The first kappa shape index (κ1) is 35.2. The fourth-order valence-corrected chi connectivity index (χ4v) is 11.6. The van der Waals surface area contributed by atoms with E-state index in [0.717, 1.165) is 19.3 Å². The van der Waals surface area contributed by atoms with Crippen molar-refractivity contribution in [3.63, 3.8) is 0 Å². The minimum Gasteiger partial charge on any atom is -0.469 e. The van der Waals surface area contributed by atoms with Crippen LogP contribution in [0.25, 0.3) is 0 Å². The normalized spacial score (nSPS) is 20.1. The van der Waals surface area contributed by atoms with E-state index >= 15 is 0 Å². The zero-order chi connectivity index (χ0) is 32.1. The van der Waals surface area contributed by atoms with E-state index < -0.39 is 22.6 Å². The first-order valence-corrected chi connectivity index (χ1v) is 20.5. The molecule has 0 radical (unpaired) electrons. The Balaban J connectivity index is 1.84. The summed E-state index contributed by atoms with van der Waals surface area (Å²) in [4.78, 5) is 26.4. The molecule has 0 unspecified atom stereocenters. The molecule has 0 spiro atoms. The predicted molar refractivity (Wildman–Crippen MR) is 182 cm³/mol. The van der Waals surface area contributed by atoms with Gasteiger partial charge >= 0.3 is 5.97 Å². The highest BCUT2D eigenvalue weighted by Gasteiger charge is 2.50. The summed E-state index contributed by atoms with van der Waals surface area (Å²) in [6.07, 6.45) is 4.42. The second kappa shape index (κ2) is 13.8. The minimum absolute atomic E-state index is 0.0192. The van der Waals surface area contributed by atoms with Crippen molar-refractivity contribution in [2.45, 2.75) is 97.3 Å². The number of esters is 1. The van der Waals surface area contributed by atoms with E-state index in [4.69, 9.17) is 13.6 Å². The Kier molecular flexibility index (Phi) is 11.2. The lowest BCUT2D eigenvalue weighted by atomic mass is 9.64. The van der Waals surface area contributed by atoms with Crippen LogP contribution < -0.4 is 10.4 Å². The van der Waals surface area contributed by atoms with Crippen molar-refractivity contribution in [2.75, 3.05) is 20.3 Å². The molecule has 7 heteroatoms. The van der Waals surface area contributed by atoms with Crippen molar-refractivity contribution in [2.24, 2.45) is 11.3 Å². The van der Waals surface area contributed by atoms with Crippen LogP contribution in [-0.4, -0.2) is 48.7 Å². The molecule has 0 aromatic heterocycles. The first-order valence-electron chi connectivity index (χ1n) is 15.7. The van der Waals surface area contributed by atoms with Crippen molar-refractivity contribution < 1.29 is 23.2 Å². The van der Waals surface area contributed by atoms with Crippen molar-refractivity contribution in [1.82, 2.24) is 0 Å². The lowest BCUT2D eigenvalue weighted by molar-refractivity contribution is -0.146. The summed E-state index contributed by atoms with van der Waals surface area (Å²) in [5.74, 6) is -0.777. The highest BCUT2D eigenvalue weighted by molar-refractivity contribution is 6.99. The van der Waals surface area contributed by atoms with Gasteiger partial charge in [-0.25, -0.2) is 0 Å². The Morgan fingerprint density at radius 1 is 0.884 bits per heavy atom. The number of hydrogen-bond donors (Lipinski definition) is 0. The second-order valence-electron chi connectivity index (χ2n) is 14.9. The highest BCUT2D eigenvalue weighted by Crippen LogP contribution is 2.45. The summed E-state index contributed by atoms with van der Waals surface area (Å²) < 4.78 is 18.6. The molecule has 2 aromatic rings. The molecule has 0 fully saturated rings. The molecule has 2 atom stereocenters. The zero-order valence-corrected chi connectivity index (χ0v) is 30.2. The van der Waals surface area contributed by atoms with Crippen LogP contribution in [0.3, 0.4) is 0 Å². The Morgan fingerprint density at radius 3 is 1.88 bits per heavy atom. The SMILES string of the molecule is COC(=O)C[C@H]1C(=O)C(CO[Si](C)(C)C(C)(C)C)=CC[C@]1(C)CCCO[Si](c1ccccc1)(c1ccccc1)C(C)(C)C. The first-order chi connectivity index (χ1) is 20.0. The van der Waals surface area contributed by atoms with Crippen LogP contribution in [0.15, 0.2) is 72.3 Å². The second-order valence-corrected chi connectivity index (χ2v) is 24.1. The third-order valence-corrected chi connectivity index (χ3v) is 19.4. The van der Waals surface area contributed by atoms with Crippen molar-refractivity contribution >= 4 is 38.8 Å². The molecule has 2 aromatic carbocycles. The number of carbonyl (C=O) groups is 2. The van der Waals surface area contributed by atoms with Gasteiger partial charge in [-0.1, -0.05) is 115 Å². The zero-order valence-electron chi connectivity index (χ0n) is 28.2. The average molecular weight is 623 g/mol. The van der Waals surface area contributed by atoms with Gasteiger partial charge in [0.15, 0.2) is 14.1 Å². The summed E-state index contributed by atoms with van der Waals surface area (Å²) in [5.41, 5.74) is 0.320. The maximum atomic E-state index is 13.9. The van der Waals surface area contributed by atoms with Gasteiger partial charge in [-0.15, -0.1) is 0 Å².